The SMILES string of the molecule is C/C(=C\CCc1c2ccoc2cc2oc(=O)ccc12)CC1OC1(C)C. The fourth-order valence-corrected chi connectivity index (χ4v) is 3.46. The van der Waals surface area contributed by atoms with E-state index in [9.17, 15) is 4.79 Å². The normalized spacial score (nSPS) is 19.6. The second-order valence-corrected chi connectivity index (χ2v) is 7.36. The van der Waals surface area contributed by atoms with Gasteiger partial charge in [0, 0.05) is 22.9 Å². The van der Waals surface area contributed by atoms with Gasteiger partial charge in [-0.05, 0) is 57.7 Å². The van der Waals surface area contributed by atoms with Crippen molar-refractivity contribution < 1.29 is 13.6 Å². The number of rotatable bonds is 5. The summed E-state index contributed by atoms with van der Waals surface area (Å²) in [5.41, 5.74) is 3.55. The lowest BCUT2D eigenvalue weighted by Gasteiger charge is -2.07. The van der Waals surface area contributed by atoms with Gasteiger partial charge in [-0.1, -0.05) is 11.6 Å². The smallest absolute Gasteiger partial charge is 0.336 e. The first-order valence-corrected chi connectivity index (χ1v) is 8.70. The van der Waals surface area contributed by atoms with Gasteiger partial charge in [0.2, 0.25) is 0 Å². The molecule has 0 bridgehead atoms. The van der Waals surface area contributed by atoms with Crippen LogP contribution in [0.3, 0.4) is 0 Å². The lowest BCUT2D eigenvalue weighted by atomic mass is 9.98. The first-order chi connectivity index (χ1) is 11.9. The molecule has 1 unspecified atom stereocenters. The molecular formula is C21H22O4. The molecule has 4 heteroatoms. The molecule has 4 rings (SSSR count). The molecular weight excluding hydrogens is 316 g/mol. The average Bonchev–Trinajstić information content (AvgIpc) is 2.94. The molecule has 25 heavy (non-hydrogen) atoms. The summed E-state index contributed by atoms with van der Waals surface area (Å²) >= 11 is 0. The number of hydrogen-bond donors (Lipinski definition) is 0. The molecule has 3 heterocycles. The Labute approximate surface area is 146 Å². The van der Waals surface area contributed by atoms with Crippen LogP contribution >= 0.6 is 0 Å². The predicted molar refractivity (Wildman–Crippen MR) is 97.9 cm³/mol. The van der Waals surface area contributed by atoms with Crippen LogP contribution in [0.1, 0.15) is 39.2 Å². The Bertz CT molecular complexity index is 1020. The molecule has 1 aromatic carbocycles. The summed E-state index contributed by atoms with van der Waals surface area (Å²) in [5, 5.41) is 2.06. The highest BCUT2D eigenvalue weighted by Crippen LogP contribution is 2.39. The largest absolute Gasteiger partial charge is 0.464 e. The monoisotopic (exact) mass is 338 g/mol. The first-order valence-electron chi connectivity index (χ1n) is 8.70. The molecule has 1 fully saturated rings. The molecule has 1 saturated heterocycles. The summed E-state index contributed by atoms with van der Waals surface area (Å²) in [5.74, 6) is 0. The van der Waals surface area contributed by atoms with E-state index in [4.69, 9.17) is 13.6 Å². The van der Waals surface area contributed by atoms with Crippen LogP contribution in [0.25, 0.3) is 21.9 Å². The topological polar surface area (TPSA) is 55.9 Å². The van der Waals surface area contributed by atoms with E-state index in [1.54, 1.807) is 12.3 Å². The van der Waals surface area contributed by atoms with E-state index in [2.05, 4.69) is 26.8 Å². The van der Waals surface area contributed by atoms with Crippen LogP contribution in [0.4, 0.5) is 0 Å². The maximum Gasteiger partial charge on any atom is 0.336 e. The number of allylic oxidation sites excluding steroid dienone is 1. The van der Waals surface area contributed by atoms with Gasteiger partial charge in [0.1, 0.15) is 11.2 Å². The minimum atomic E-state index is -0.341. The van der Waals surface area contributed by atoms with E-state index < -0.39 is 0 Å². The third-order valence-corrected chi connectivity index (χ3v) is 5.03. The molecule has 0 saturated carbocycles. The van der Waals surface area contributed by atoms with Crippen molar-refractivity contribution in [3.63, 3.8) is 0 Å². The summed E-state index contributed by atoms with van der Waals surface area (Å²) in [6.45, 7) is 6.42. The van der Waals surface area contributed by atoms with Crippen LogP contribution in [-0.4, -0.2) is 11.7 Å². The second kappa shape index (κ2) is 5.88. The van der Waals surface area contributed by atoms with Crippen molar-refractivity contribution in [3.8, 4) is 0 Å². The van der Waals surface area contributed by atoms with Gasteiger partial charge in [0.15, 0.2) is 0 Å². The van der Waals surface area contributed by atoms with Crippen molar-refractivity contribution in [1.82, 2.24) is 0 Å². The van der Waals surface area contributed by atoms with Gasteiger partial charge >= 0.3 is 5.63 Å². The predicted octanol–water partition coefficient (Wildman–Crippen LogP) is 4.99. The number of fused-ring (bicyclic) bond motifs is 2. The Morgan fingerprint density at radius 3 is 2.72 bits per heavy atom. The lowest BCUT2D eigenvalue weighted by molar-refractivity contribution is 0.323. The van der Waals surface area contributed by atoms with Gasteiger partial charge in [-0.3, -0.25) is 0 Å². The van der Waals surface area contributed by atoms with E-state index in [-0.39, 0.29) is 11.2 Å². The number of ether oxygens (including phenoxy) is 1. The molecule has 2 aromatic heterocycles. The molecule has 0 amide bonds. The van der Waals surface area contributed by atoms with Crippen LogP contribution < -0.4 is 5.63 Å². The maximum absolute atomic E-state index is 11.5. The maximum atomic E-state index is 11.5. The fraction of sp³-hybridized carbons (Fsp3) is 0.381. The van der Waals surface area contributed by atoms with Gasteiger partial charge in [0.05, 0.1) is 18.0 Å². The summed E-state index contributed by atoms with van der Waals surface area (Å²) in [4.78, 5) is 11.5. The quantitative estimate of drug-likeness (QED) is 0.374. The van der Waals surface area contributed by atoms with E-state index in [0.717, 1.165) is 41.2 Å². The minimum absolute atomic E-state index is 0.0330. The molecule has 1 aliphatic rings. The zero-order valence-corrected chi connectivity index (χ0v) is 14.8. The van der Waals surface area contributed by atoms with Gasteiger partial charge in [-0.25, -0.2) is 4.79 Å². The number of benzene rings is 1. The van der Waals surface area contributed by atoms with Gasteiger partial charge in [-0.2, -0.15) is 0 Å². The van der Waals surface area contributed by atoms with Crippen LogP contribution in [-0.2, 0) is 11.2 Å². The Morgan fingerprint density at radius 1 is 1.20 bits per heavy atom. The summed E-state index contributed by atoms with van der Waals surface area (Å²) in [6, 6.07) is 7.10. The molecule has 0 aliphatic carbocycles. The van der Waals surface area contributed by atoms with Crippen LogP contribution in [0.5, 0.6) is 0 Å². The van der Waals surface area contributed by atoms with Crippen molar-refractivity contribution in [2.75, 3.05) is 0 Å². The highest BCUT2D eigenvalue weighted by atomic mass is 16.6. The number of hydrogen-bond acceptors (Lipinski definition) is 4. The summed E-state index contributed by atoms with van der Waals surface area (Å²) < 4.78 is 16.5. The third-order valence-electron chi connectivity index (χ3n) is 5.03. The summed E-state index contributed by atoms with van der Waals surface area (Å²) in [7, 11) is 0. The van der Waals surface area contributed by atoms with E-state index in [1.165, 1.54) is 11.6 Å². The Balaban J connectivity index is 1.59. The van der Waals surface area contributed by atoms with E-state index in [0.29, 0.717) is 11.7 Å². The zero-order chi connectivity index (χ0) is 17.6. The van der Waals surface area contributed by atoms with Crippen molar-refractivity contribution >= 4 is 21.9 Å². The molecule has 1 atom stereocenters. The number of epoxide rings is 1. The van der Waals surface area contributed by atoms with Crippen LogP contribution in [0, 0.1) is 0 Å². The van der Waals surface area contributed by atoms with Gasteiger partial charge in [0.25, 0.3) is 0 Å². The third kappa shape index (κ3) is 3.14. The Hall–Kier alpha value is -2.33. The first kappa shape index (κ1) is 16.2. The molecule has 4 nitrogen and oxygen atoms in total. The highest BCUT2D eigenvalue weighted by Gasteiger charge is 2.47. The van der Waals surface area contributed by atoms with Gasteiger partial charge < -0.3 is 13.6 Å². The summed E-state index contributed by atoms with van der Waals surface area (Å²) in [6.07, 6.45) is 7.08. The molecule has 130 valence electrons. The molecule has 0 spiro atoms. The van der Waals surface area contributed by atoms with E-state index in [1.807, 2.05) is 12.1 Å². The fourth-order valence-electron chi connectivity index (χ4n) is 3.46. The lowest BCUT2D eigenvalue weighted by Crippen LogP contribution is -2.03. The second-order valence-electron chi connectivity index (χ2n) is 7.36. The molecule has 3 aromatic rings. The van der Waals surface area contributed by atoms with Crippen molar-refractivity contribution in [3.05, 3.63) is 58.2 Å². The zero-order valence-electron chi connectivity index (χ0n) is 14.8. The Kier molecular flexibility index (Phi) is 3.80. The van der Waals surface area contributed by atoms with E-state index >= 15 is 0 Å². The van der Waals surface area contributed by atoms with Crippen LogP contribution in [0.2, 0.25) is 0 Å². The van der Waals surface area contributed by atoms with Crippen molar-refractivity contribution in [2.24, 2.45) is 0 Å². The average molecular weight is 338 g/mol. The highest BCUT2D eigenvalue weighted by molar-refractivity contribution is 5.97. The number of furan rings is 1. The molecule has 1 aliphatic heterocycles. The van der Waals surface area contributed by atoms with Gasteiger partial charge in [-0.15, -0.1) is 0 Å². The molecule has 0 N–H and O–H groups in total. The van der Waals surface area contributed by atoms with Crippen molar-refractivity contribution in [1.29, 1.82) is 0 Å². The van der Waals surface area contributed by atoms with Crippen LogP contribution in [0.15, 0.2) is 55.8 Å². The van der Waals surface area contributed by atoms with Crippen molar-refractivity contribution in [2.45, 2.75) is 51.7 Å². The minimum Gasteiger partial charge on any atom is -0.464 e. The standard InChI is InChI=1S/C21H22O4/c1-13(11-19-21(2,3)25-19)5-4-6-14-15-7-8-20(22)24-18(15)12-17-16(14)9-10-23-17/h5,7-10,12,19H,4,6,11H2,1-3H3/b13-5+. The Morgan fingerprint density at radius 2 is 1.96 bits per heavy atom. The number of aryl methyl sites for hydroxylation is 1. The molecule has 0 radical (unpaired) electrons.